The Morgan fingerprint density at radius 2 is 1.83 bits per heavy atom. The van der Waals surface area contributed by atoms with Crippen LogP contribution < -0.4 is 5.46 Å². The highest BCUT2D eigenvalue weighted by Crippen LogP contribution is 2.12. The SMILES string of the molecule is Bc1ccc(C(=O)/C=C/c2cccc(Cl)c2)cc1. The average molecular weight is 255 g/mol. The Kier molecular flexibility index (Phi) is 4.01. The van der Waals surface area contributed by atoms with Crippen molar-refractivity contribution in [2.45, 2.75) is 0 Å². The molecule has 0 fully saturated rings. The van der Waals surface area contributed by atoms with Gasteiger partial charge < -0.3 is 0 Å². The quantitative estimate of drug-likeness (QED) is 0.467. The fourth-order valence-electron chi connectivity index (χ4n) is 1.60. The molecule has 0 N–H and O–H groups in total. The zero-order chi connectivity index (χ0) is 13.0. The van der Waals surface area contributed by atoms with Gasteiger partial charge in [0.1, 0.15) is 7.85 Å². The summed E-state index contributed by atoms with van der Waals surface area (Å²) in [6.07, 6.45) is 3.34. The van der Waals surface area contributed by atoms with Gasteiger partial charge in [-0.25, -0.2) is 0 Å². The summed E-state index contributed by atoms with van der Waals surface area (Å²) in [5.41, 5.74) is 2.76. The molecule has 0 saturated heterocycles. The maximum absolute atomic E-state index is 11.9. The van der Waals surface area contributed by atoms with Crippen molar-refractivity contribution in [3.05, 3.63) is 70.8 Å². The summed E-state index contributed by atoms with van der Waals surface area (Å²) in [6.45, 7) is 0. The number of hydrogen-bond donors (Lipinski definition) is 0. The van der Waals surface area contributed by atoms with Gasteiger partial charge in [0.15, 0.2) is 5.78 Å². The Bertz CT molecular complexity index is 588. The fraction of sp³-hybridized carbons (Fsp3) is 0. The second-order valence-corrected chi connectivity index (χ2v) is 4.56. The molecule has 0 radical (unpaired) electrons. The number of carbonyl (C=O) groups excluding carboxylic acids is 1. The molecular formula is C15H12BClO. The van der Waals surface area contributed by atoms with Crippen LogP contribution in [-0.2, 0) is 0 Å². The van der Waals surface area contributed by atoms with Gasteiger partial charge in [-0.05, 0) is 23.8 Å². The summed E-state index contributed by atoms with van der Waals surface area (Å²) >= 11 is 5.88. The summed E-state index contributed by atoms with van der Waals surface area (Å²) in [6, 6.07) is 14.9. The van der Waals surface area contributed by atoms with E-state index in [-0.39, 0.29) is 5.78 Å². The predicted octanol–water partition coefficient (Wildman–Crippen LogP) is 2.49. The summed E-state index contributed by atoms with van der Waals surface area (Å²) in [5, 5.41) is 0.667. The number of carbonyl (C=O) groups is 1. The van der Waals surface area contributed by atoms with E-state index < -0.39 is 0 Å². The van der Waals surface area contributed by atoms with Crippen LogP contribution in [0.4, 0.5) is 0 Å². The molecule has 2 aromatic carbocycles. The topological polar surface area (TPSA) is 17.1 Å². The van der Waals surface area contributed by atoms with Crippen LogP contribution in [0.3, 0.4) is 0 Å². The smallest absolute Gasteiger partial charge is 0.185 e. The van der Waals surface area contributed by atoms with Crippen molar-refractivity contribution < 1.29 is 4.79 Å². The Morgan fingerprint density at radius 3 is 2.50 bits per heavy atom. The molecular weight excluding hydrogens is 242 g/mol. The van der Waals surface area contributed by atoms with E-state index >= 15 is 0 Å². The molecule has 0 heterocycles. The van der Waals surface area contributed by atoms with Crippen LogP contribution in [0.1, 0.15) is 15.9 Å². The highest BCUT2D eigenvalue weighted by molar-refractivity contribution is 6.32. The van der Waals surface area contributed by atoms with Crippen LogP contribution in [0.2, 0.25) is 5.02 Å². The molecule has 0 spiro atoms. The second kappa shape index (κ2) is 5.70. The van der Waals surface area contributed by atoms with Crippen LogP contribution >= 0.6 is 11.6 Å². The van der Waals surface area contributed by atoms with Crippen LogP contribution in [0.5, 0.6) is 0 Å². The Balaban J connectivity index is 2.14. The van der Waals surface area contributed by atoms with Crippen LogP contribution in [-0.4, -0.2) is 13.6 Å². The number of halogens is 1. The largest absolute Gasteiger partial charge is 0.289 e. The van der Waals surface area contributed by atoms with E-state index in [4.69, 9.17) is 11.6 Å². The number of hydrogen-bond acceptors (Lipinski definition) is 1. The van der Waals surface area contributed by atoms with E-state index in [1.54, 1.807) is 18.2 Å². The van der Waals surface area contributed by atoms with Crippen molar-refractivity contribution in [2.24, 2.45) is 0 Å². The lowest BCUT2D eigenvalue weighted by Gasteiger charge is -1.97. The molecule has 0 bridgehead atoms. The zero-order valence-electron chi connectivity index (χ0n) is 10.1. The highest BCUT2D eigenvalue weighted by Gasteiger charge is 2.00. The molecule has 0 aromatic heterocycles. The second-order valence-electron chi connectivity index (χ2n) is 4.12. The molecule has 0 atom stereocenters. The van der Waals surface area contributed by atoms with Crippen molar-refractivity contribution in [3.8, 4) is 0 Å². The minimum absolute atomic E-state index is 0.00465. The van der Waals surface area contributed by atoms with Crippen molar-refractivity contribution in [1.82, 2.24) is 0 Å². The molecule has 88 valence electrons. The Hall–Kier alpha value is -1.80. The van der Waals surface area contributed by atoms with Crippen LogP contribution in [0, 0.1) is 0 Å². The van der Waals surface area contributed by atoms with Gasteiger partial charge >= 0.3 is 0 Å². The Labute approximate surface area is 113 Å². The lowest BCUT2D eigenvalue weighted by molar-refractivity contribution is 0.104. The lowest BCUT2D eigenvalue weighted by Crippen LogP contribution is -2.02. The van der Waals surface area contributed by atoms with Crippen molar-refractivity contribution >= 4 is 36.8 Å². The summed E-state index contributed by atoms with van der Waals surface area (Å²) < 4.78 is 0. The maximum Gasteiger partial charge on any atom is 0.185 e. The standard InChI is InChI=1S/C15H12BClO/c16-13-7-5-12(6-8-13)15(18)9-4-11-2-1-3-14(17)10-11/h1-10H,16H2/b9-4+. The minimum Gasteiger partial charge on any atom is -0.289 e. The molecule has 3 heteroatoms. The van der Waals surface area contributed by atoms with Crippen molar-refractivity contribution in [2.75, 3.05) is 0 Å². The van der Waals surface area contributed by atoms with E-state index in [1.807, 2.05) is 50.3 Å². The maximum atomic E-state index is 11.9. The van der Waals surface area contributed by atoms with E-state index in [0.29, 0.717) is 10.6 Å². The van der Waals surface area contributed by atoms with Crippen molar-refractivity contribution in [3.63, 3.8) is 0 Å². The monoisotopic (exact) mass is 254 g/mol. The van der Waals surface area contributed by atoms with Crippen molar-refractivity contribution in [1.29, 1.82) is 0 Å². The summed E-state index contributed by atoms with van der Waals surface area (Å²) in [7, 11) is 2.00. The first-order chi connectivity index (χ1) is 8.65. The van der Waals surface area contributed by atoms with Crippen LogP contribution in [0.15, 0.2) is 54.6 Å². The molecule has 18 heavy (non-hydrogen) atoms. The first kappa shape index (κ1) is 12.7. The van der Waals surface area contributed by atoms with Crippen LogP contribution in [0.25, 0.3) is 6.08 Å². The van der Waals surface area contributed by atoms with E-state index in [9.17, 15) is 4.79 Å². The normalized spacial score (nSPS) is 10.7. The van der Waals surface area contributed by atoms with E-state index in [1.165, 1.54) is 0 Å². The average Bonchev–Trinajstić information content (AvgIpc) is 2.37. The first-order valence-electron chi connectivity index (χ1n) is 5.70. The minimum atomic E-state index is -0.00465. The molecule has 2 rings (SSSR count). The third-order valence-corrected chi connectivity index (χ3v) is 2.85. The van der Waals surface area contributed by atoms with Gasteiger partial charge in [-0.2, -0.15) is 0 Å². The first-order valence-corrected chi connectivity index (χ1v) is 6.07. The number of ketones is 1. The van der Waals surface area contributed by atoms with Gasteiger partial charge in [0.25, 0.3) is 0 Å². The molecule has 0 unspecified atom stereocenters. The van der Waals surface area contributed by atoms with Gasteiger partial charge in [0.05, 0.1) is 0 Å². The number of allylic oxidation sites excluding steroid dienone is 1. The zero-order valence-corrected chi connectivity index (χ0v) is 10.8. The molecule has 0 amide bonds. The number of rotatable bonds is 3. The van der Waals surface area contributed by atoms with Gasteiger partial charge in [-0.1, -0.05) is 59.5 Å². The summed E-state index contributed by atoms with van der Waals surface area (Å²) in [5.74, 6) is -0.00465. The van der Waals surface area contributed by atoms with Gasteiger partial charge in [0.2, 0.25) is 0 Å². The molecule has 0 saturated carbocycles. The predicted molar refractivity (Wildman–Crippen MR) is 79.4 cm³/mol. The molecule has 2 aromatic rings. The van der Waals surface area contributed by atoms with Gasteiger partial charge in [0, 0.05) is 10.6 Å². The van der Waals surface area contributed by atoms with Gasteiger partial charge in [-0.3, -0.25) is 4.79 Å². The van der Waals surface area contributed by atoms with E-state index in [2.05, 4.69) is 0 Å². The summed E-state index contributed by atoms with van der Waals surface area (Å²) in [4.78, 5) is 11.9. The van der Waals surface area contributed by atoms with Gasteiger partial charge in [-0.15, -0.1) is 0 Å². The Morgan fingerprint density at radius 1 is 1.11 bits per heavy atom. The molecule has 0 aliphatic rings. The third kappa shape index (κ3) is 3.35. The van der Waals surface area contributed by atoms with E-state index in [0.717, 1.165) is 11.0 Å². The molecule has 0 aliphatic carbocycles. The number of benzene rings is 2. The lowest BCUT2D eigenvalue weighted by atomic mass is 9.94. The molecule has 0 aliphatic heterocycles. The third-order valence-electron chi connectivity index (χ3n) is 2.61. The highest BCUT2D eigenvalue weighted by atomic mass is 35.5. The molecule has 1 nitrogen and oxygen atoms in total. The fourth-order valence-corrected chi connectivity index (χ4v) is 1.79.